The van der Waals surface area contributed by atoms with Gasteiger partial charge in [0.15, 0.2) is 0 Å². The Morgan fingerprint density at radius 2 is 1.93 bits per heavy atom. The van der Waals surface area contributed by atoms with E-state index in [0.717, 1.165) is 44.8 Å². The number of H-pyrrole nitrogens is 1. The predicted molar refractivity (Wildman–Crippen MR) is 116 cm³/mol. The smallest absolute Gasteiger partial charge is 0.254 e. The summed E-state index contributed by atoms with van der Waals surface area (Å²) in [5.41, 5.74) is 7.09. The lowest BCUT2D eigenvalue weighted by Gasteiger charge is -2.32. The molecule has 4 N–H and O–H groups in total. The minimum Gasteiger partial charge on any atom is -0.365 e. The highest BCUT2D eigenvalue weighted by Gasteiger charge is 2.14. The quantitative estimate of drug-likeness (QED) is 0.556. The molecule has 1 fully saturated rings. The molecule has 0 aliphatic carbocycles. The molecule has 4 rings (SSSR count). The van der Waals surface area contributed by atoms with Crippen molar-refractivity contribution in [2.45, 2.75) is 6.42 Å². The highest BCUT2D eigenvalue weighted by molar-refractivity contribution is 5.95. The largest absolute Gasteiger partial charge is 0.365 e. The van der Waals surface area contributed by atoms with Crippen LogP contribution >= 0.6 is 0 Å². The van der Waals surface area contributed by atoms with Crippen molar-refractivity contribution >= 4 is 28.6 Å². The van der Waals surface area contributed by atoms with Crippen molar-refractivity contribution in [3.63, 3.8) is 0 Å². The molecule has 0 radical (unpaired) electrons. The van der Waals surface area contributed by atoms with Crippen LogP contribution in [0.25, 0.3) is 11.0 Å². The number of fused-ring (bicyclic) bond motifs is 1. The normalized spacial score (nSPS) is 15.4. The van der Waals surface area contributed by atoms with Crippen LogP contribution in [-0.2, 0) is 6.42 Å². The average molecular weight is 407 g/mol. The summed E-state index contributed by atoms with van der Waals surface area (Å²) in [5.74, 6) is -0.428. The van der Waals surface area contributed by atoms with E-state index in [2.05, 4.69) is 49.2 Å². The lowest BCUT2D eigenvalue weighted by Crippen LogP contribution is -2.45. The number of nitrogens with two attached hydrogens (primary N) is 1. The van der Waals surface area contributed by atoms with Crippen LogP contribution in [0.5, 0.6) is 0 Å². The molecule has 0 saturated carbocycles. The third-order valence-corrected chi connectivity index (χ3v) is 5.42. The molecule has 0 unspecified atom stereocenters. The third kappa shape index (κ3) is 4.47. The number of nitrogens with zero attached hydrogens (tertiary/aromatic N) is 4. The minimum absolute atomic E-state index is 0.112. The number of aromatic amines is 1. The van der Waals surface area contributed by atoms with Crippen LogP contribution in [0.4, 0.5) is 11.6 Å². The van der Waals surface area contributed by atoms with E-state index in [1.54, 1.807) is 0 Å². The van der Waals surface area contributed by atoms with Crippen LogP contribution in [0.15, 0.2) is 41.5 Å². The lowest BCUT2D eigenvalue weighted by atomic mass is 10.1. The molecule has 9 nitrogen and oxygen atoms in total. The van der Waals surface area contributed by atoms with E-state index >= 15 is 0 Å². The number of benzene rings is 1. The number of carbonyl (C=O) groups excluding carboxylic acids is 1. The summed E-state index contributed by atoms with van der Waals surface area (Å²) in [6.45, 7) is 5.57. The van der Waals surface area contributed by atoms with Crippen LogP contribution in [0.2, 0.25) is 0 Å². The van der Waals surface area contributed by atoms with Crippen LogP contribution in [0.1, 0.15) is 15.9 Å². The van der Waals surface area contributed by atoms with Gasteiger partial charge in [0.2, 0.25) is 11.4 Å². The Hall–Kier alpha value is -3.30. The van der Waals surface area contributed by atoms with Crippen molar-refractivity contribution < 1.29 is 4.79 Å². The number of hydrogen-bond donors (Lipinski definition) is 3. The summed E-state index contributed by atoms with van der Waals surface area (Å²) >= 11 is 0. The monoisotopic (exact) mass is 407 g/mol. The maximum Gasteiger partial charge on any atom is 0.254 e. The molecule has 0 bridgehead atoms. The van der Waals surface area contributed by atoms with Gasteiger partial charge in [0.25, 0.3) is 5.91 Å². The van der Waals surface area contributed by atoms with E-state index in [0.29, 0.717) is 11.6 Å². The number of rotatable bonds is 6. The van der Waals surface area contributed by atoms with Crippen molar-refractivity contribution in [1.82, 2.24) is 24.8 Å². The number of aromatic nitrogens is 3. The molecule has 0 spiro atoms. The van der Waals surface area contributed by atoms with Crippen LogP contribution in [0, 0.1) is 0 Å². The number of pyridine rings is 1. The Morgan fingerprint density at radius 3 is 2.63 bits per heavy atom. The second-order valence-electron chi connectivity index (χ2n) is 7.57. The average Bonchev–Trinajstić information content (AvgIpc) is 2.74. The van der Waals surface area contributed by atoms with E-state index in [1.165, 1.54) is 18.0 Å². The molecule has 1 amide bonds. The molecule has 1 aliphatic rings. The number of anilines is 2. The number of likely N-dealkylation sites (N-methyl/N-ethyl adjacent to an activating group) is 1. The predicted octanol–water partition coefficient (Wildman–Crippen LogP) is 0.951. The SMILES string of the molecule is CN1CCN(CCc2ccc(Nc3ncc4c(=O)c(C(N)=O)c[nH]c4n3)cc2)CC1. The van der Waals surface area contributed by atoms with Crippen LogP contribution in [0.3, 0.4) is 0 Å². The molecule has 30 heavy (non-hydrogen) atoms. The van der Waals surface area contributed by atoms with Crippen LogP contribution in [-0.4, -0.2) is 70.4 Å². The molecule has 2 aromatic heterocycles. The molecule has 3 heterocycles. The summed E-state index contributed by atoms with van der Waals surface area (Å²) in [6.07, 6.45) is 3.68. The van der Waals surface area contributed by atoms with Crippen molar-refractivity contribution in [2.24, 2.45) is 5.73 Å². The molecular weight excluding hydrogens is 382 g/mol. The fraction of sp³-hybridized carbons (Fsp3) is 0.333. The maximum absolute atomic E-state index is 12.2. The van der Waals surface area contributed by atoms with E-state index < -0.39 is 11.3 Å². The Kier molecular flexibility index (Phi) is 5.73. The van der Waals surface area contributed by atoms with Gasteiger partial charge in [-0.05, 0) is 31.2 Å². The van der Waals surface area contributed by atoms with E-state index in [1.807, 2.05) is 12.1 Å². The molecule has 156 valence electrons. The zero-order valence-electron chi connectivity index (χ0n) is 16.9. The van der Waals surface area contributed by atoms with Gasteiger partial charge in [-0.2, -0.15) is 4.98 Å². The van der Waals surface area contributed by atoms with E-state index in [-0.39, 0.29) is 10.9 Å². The molecular formula is C21H25N7O2. The molecule has 0 atom stereocenters. The van der Waals surface area contributed by atoms with Gasteiger partial charge in [-0.1, -0.05) is 12.1 Å². The van der Waals surface area contributed by atoms with Gasteiger partial charge in [0, 0.05) is 50.8 Å². The summed E-state index contributed by atoms with van der Waals surface area (Å²) < 4.78 is 0. The maximum atomic E-state index is 12.2. The summed E-state index contributed by atoms with van der Waals surface area (Å²) in [7, 11) is 2.16. The van der Waals surface area contributed by atoms with Crippen molar-refractivity contribution in [1.29, 1.82) is 0 Å². The fourth-order valence-corrected chi connectivity index (χ4v) is 3.49. The fourth-order valence-electron chi connectivity index (χ4n) is 3.49. The van der Waals surface area contributed by atoms with Gasteiger partial charge >= 0.3 is 0 Å². The second kappa shape index (κ2) is 8.60. The number of amides is 1. The zero-order valence-corrected chi connectivity index (χ0v) is 16.9. The summed E-state index contributed by atoms with van der Waals surface area (Å²) in [4.78, 5) is 39.7. The second-order valence-corrected chi connectivity index (χ2v) is 7.57. The van der Waals surface area contributed by atoms with Crippen molar-refractivity contribution in [3.05, 3.63) is 58.0 Å². The van der Waals surface area contributed by atoms with Gasteiger partial charge < -0.3 is 25.8 Å². The zero-order chi connectivity index (χ0) is 21.1. The standard InChI is InChI=1S/C21H25N7O2/c1-27-8-10-28(11-9-27)7-6-14-2-4-15(5-3-14)25-21-24-13-17-18(29)16(19(22)30)12-23-20(17)26-21/h2-5,12-13H,6-11H2,1H3,(H2,22,30)(H2,23,24,25,26,29). The first-order chi connectivity index (χ1) is 14.5. The molecule has 3 aromatic rings. The van der Waals surface area contributed by atoms with Gasteiger partial charge in [-0.3, -0.25) is 9.59 Å². The highest BCUT2D eigenvalue weighted by Crippen LogP contribution is 2.16. The Morgan fingerprint density at radius 1 is 1.20 bits per heavy atom. The lowest BCUT2D eigenvalue weighted by molar-refractivity contribution is 0.0999. The number of primary amides is 1. The Balaban J connectivity index is 1.40. The Bertz CT molecular complexity index is 1100. The number of hydrogen-bond acceptors (Lipinski definition) is 7. The minimum atomic E-state index is -0.784. The van der Waals surface area contributed by atoms with Gasteiger partial charge in [-0.25, -0.2) is 4.98 Å². The first-order valence-corrected chi connectivity index (χ1v) is 9.95. The third-order valence-electron chi connectivity index (χ3n) is 5.42. The number of carbonyl (C=O) groups is 1. The number of piperazine rings is 1. The van der Waals surface area contributed by atoms with Gasteiger partial charge in [0.05, 0.1) is 5.39 Å². The number of nitrogens with one attached hydrogen (secondary N) is 2. The summed E-state index contributed by atoms with van der Waals surface area (Å²) in [5, 5.41) is 3.36. The molecule has 9 heteroatoms. The Labute approximate surface area is 173 Å². The van der Waals surface area contributed by atoms with Crippen molar-refractivity contribution in [3.8, 4) is 0 Å². The topological polar surface area (TPSA) is 120 Å². The molecule has 1 aromatic carbocycles. The molecule has 1 saturated heterocycles. The van der Waals surface area contributed by atoms with Crippen LogP contribution < -0.4 is 16.5 Å². The molecule has 1 aliphatic heterocycles. The van der Waals surface area contributed by atoms with E-state index in [9.17, 15) is 9.59 Å². The first-order valence-electron chi connectivity index (χ1n) is 9.95. The van der Waals surface area contributed by atoms with Gasteiger partial charge in [-0.15, -0.1) is 0 Å². The highest BCUT2D eigenvalue weighted by atomic mass is 16.2. The van der Waals surface area contributed by atoms with E-state index in [4.69, 9.17) is 5.73 Å². The first kappa shape index (κ1) is 20.0. The van der Waals surface area contributed by atoms with Gasteiger partial charge in [0.1, 0.15) is 11.2 Å². The summed E-state index contributed by atoms with van der Waals surface area (Å²) in [6, 6.07) is 8.18. The van der Waals surface area contributed by atoms with Crippen molar-refractivity contribution in [2.75, 3.05) is 45.1 Å².